The number of rotatable bonds is 8. The number of nitrogens with one attached hydrogen (secondary N) is 1. The SMILES string of the molecule is COC(=O)[C@H](CCc1ccccc1)NC(C)C(=O)N1CC2(CCSC2)C[C@H]1C(=O)O. The minimum atomic E-state index is -0.960. The Bertz CT molecular complexity index is 766. The van der Waals surface area contributed by atoms with E-state index in [9.17, 15) is 19.5 Å². The molecule has 1 spiro atoms. The Morgan fingerprint density at radius 2 is 2.07 bits per heavy atom. The Balaban J connectivity index is 1.66. The van der Waals surface area contributed by atoms with Crippen LogP contribution in [0, 0.1) is 5.41 Å². The van der Waals surface area contributed by atoms with Gasteiger partial charge in [-0.15, -0.1) is 0 Å². The molecule has 4 atom stereocenters. The molecule has 8 heteroatoms. The van der Waals surface area contributed by atoms with Crippen LogP contribution in [0.5, 0.6) is 0 Å². The highest BCUT2D eigenvalue weighted by Gasteiger charge is 2.50. The lowest BCUT2D eigenvalue weighted by atomic mass is 9.85. The molecule has 164 valence electrons. The Hall–Kier alpha value is -2.06. The summed E-state index contributed by atoms with van der Waals surface area (Å²) < 4.78 is 4.92. The molecule has 2 heterocycles. The molecule has 2 aliphatic rings. The van der Waals surface area contributed by atoms with Gasteiger partial charge in [0.25, 0.3) is 0 Å². The van der Waals surface area contributed by atoms with Crippen molar-refractivity contribution in [3.63, 3.8) is 0 Å². The van der Waals surface area contributed by atoms with Gasteiger partial charge in [-0.3, -0.25) is 14.9 Å². The van der Waals surface area contributed by atoms with E-state index >= 15 is 0 Å². The molecule has 30 heavy (non-hydrogen) atoms. The fourth-order valence-electron chi connectivity index (χ4n) is 4.43. The van der Waals surface area contributed by atoms with Crippen molar-refractivity contribution in [1.82, 2.24) is 10.2 Å². The molecule has 2 fully saturated rings. The quantitative estimate of drug-likeness (QED) is 0.604. The average molecular weight is 435 g/mol. The minimum Gasteiger partial charge on any atom is -0.480 e. The Morgan fingerprint density at radius 3 is 2.67 bits per heavy atom. The zero-order chi connectivity index (χ0) is 21.7. The summed E-state index contributed by atoms with van der Waals surface area (Å²) in [7, 11) is 1.33. The molecule has 3 rings (SSSR count). The minimum absolute atomic E-state index is 0.0990. The van der Waals surface area contributed by atoms with Crippen LogP contribution >= 0.6 is 11.8 Å². The van der Waals surface area contributed by atoms with Gasteiger partial charge in [-0.2, -0.15) is 11.8 Å². The molecule has 2 aliphatic heterocycles. The Morgan fingerprint density at radius 1 is 1.33 bits per heavy atom. The third-order valence-electron chi connectivity index (χ3n) is 6.13. The van der Waals surface area contributed by atoms with Crippen molar-refractivity contribution >= 4 is 29.6 Å². The lowest BCUT2D eigenvalue weighted by molar-refractivity contribution is -0.150. The Labute approximate surface area is 181 Å². The van der Waals surface area contributed by atoms with Gasteiger partial charge in [-0.25, -0.2) is 4.79 Å². The van der Waals surface area contributed by atoms with E-state index in [-0.39, 0.29) is 11.3 Å². The van der Waals surface area contributed by atoms with E-state index in [1.54, 1.807) is 6.92 Å². The largest absolute Gasteiger partial charge is 0.480 e. The second-order valence-corrected chi connectivity index (χ2v) is 9.42. The second-order valence-electron chi connectivity index (χ2n) is 8.32. The molecule has 2 unspecified atom stereocenters. The van der Waals surface area contributed by atoms with Crippen LogP contribution in [0.3, 0.4) is 0 Å². The van der Waals surface area contributed by atoms with Crippen LogP contribution in [0.2, 0.25) is 0 Å². The van der Waals surface area contributed by atoms with Crippen LogP contribution in [-0.4, -0.2) is 71.1 Å². The molecule has 1 aromatic rings. The van der Waals surface area contributed by atoms with Crippen molar-refractivity contribution in [2.75, 3.05) is 25.2 Å². The second kappa shape index (κ2) is 9.83. The number of carbonyl (C=O) groups excluding carboxylic acids is 2. The van der Waals surface area contributed by atoms with Gasteiger partial charge in [0.2, 0.25) is 5.91 Å². The molecule has 0 bridgehead atoms. The third-order valence-corrected chi connectivity index (χ3v) is 7.44. The van der Waals surface area contributed by atoms with Crippen LogP contribution in [0.25, 0.3) is 0 Å². The maximum atomic E-state index is 13.2. The van der Waals surface area contributed by atoms with E-state index in [4.69, 9.17) is 4.74 Å². The van der Waals surface area contributed by atoms with Gasteiger partial charge in [0.05, 0.1) is 13.2 Å². The highest BCUT2D eigenvalue weighted by molar-refractivity contribution is 7.99. The summed E-state index contributed by atoms with van der Waals surface area (Å²) in [5, 5.41) is 12.8. The van der Waals surface area contributed by atoms with Gasteiger partial charge in [0.15, 0.2) is 0 Å². The summed E-state index contributed by atoms with van der Waals surface area (Å²) >= 11 is 1.82. The van der Waals surface area contributed by atoms with Crippen LogP contribution < -0.4 is 5.32 Å². The molecule has 2 N–H and O–H groups in total. The van der Waals surface area contributed by atoms with E-state index in [0.717, 1.165) is 23.5 Å². The zero-order valence-corrected chi connectivity index (χ0v) is 18.3. The van der Waals surface area contributed by atoms with Gasteiger partial charge < -0.3 is 14.7 Å². The lowest BCUT2D eigenvalue weighted by Gasteiger charge is -2.28. The predicted molar refractivity (Wildman–Crippen MR) is 115 cm³/mol. The predicted octanol–water partition coefficient (Wildman–Crippen LogP) is 1.95. The first-order valence-corrected chi connectivity index (χ1v) is 11.5. The number of nitrogens with zero attached hydrogens (tertiary/aromatic N) is 1. The number of likely N-dealkylation sites (tertiary alicyclic amines) is 1. The average Bonchev–Trinajstić information content (AvgIpc) is 3.37. The number of ether oxygens (including phenoxy) is 1. The van der Waals surface area contributed by atoms with E-state index in [1.165, 1.54) is 12.0 Å². The number of carboxylic acid groups (broad SMARTS) is 1. The normalized spacial score (nSPS) is 25.3. The number of methoxy groups -OCH3 is 1. The highest BCUT2D eigenvalue weighted by atomic mass is 32.2. The number of amides is 1. The van der Waals surface area contributed by atoms with Crippen molar-refractivity contribution in [3.8, 4) is 0 Å². The molecule has 0 radical (unpaired) electrons. The number of esters is 1. The molecule has 1 amide bonds. The van der Waals surface area contributed by atoms with Gasteiger partial charge in [0.1, 0.15) is 12.1 Å². The number of hydrogen-bond acceptors (Lipinski definition) is 6. The van der Waals surface area contributed by atoms with E-state index in [1.807, 2.05) is 42.1 Å². The van der Waals surface area contributed by atoms with Gasteiger partial charge >= 0.3 is 11.9 Å². The van der Waals surface area contributed by atoms with Gasteiger partial charge in [-0.1, -0.05) is 30.3 Å². The lowest BCUT2D eigenvalue weighted by Crippen LogP contribution is -2.53. The van der Waals surface area contributed by atoms with Crippen LogP contribution in [0.15, 0.2) is 30.3 Å². The standard InChI is InChI=1S/C22H30N2O5S/c1-15(23-17(21(28)29-2)9-8-16-6-4-3-5-7-16)19(25)24-13-22(10-11-30-14-22)12-18(24)20(26)27/h3-7,15,17-18,23H,8-14H2,1-2H3,(H,26,27)/t15?,17-,18-,22?/m0/s1. The molecule has 0 aliphatic carbocycles. The van der Waals surface area contributed by atoms with E-state index in [0.29, 0.717) is 25.8 Å². The number of benzene rings is 1. The number of hydrogen-bond donors (Lipinski definition) is 2. The molecular weight excluding hydrogens is 404 g/mol. The summed E-state index contributed by atoms with van der Waals surface area (Å²) in [4.78, 5) is 38.8. The molecule has 1 aromatic carbocycles. The number of carboxylic acids is 1. The number of thioether (sulfide) groups is 1. The van der Waals surface area contributed by atoms with Crippen molar-refractivity contribution < 1.29 is 24.2 Å². The summed E-state index contributed by atoms with van der Waals surface area (Å²) in [5.74, 6) is 0.240. The fourth-order valence-corrected chi connectivity index (χ4v) is 5.94. The van der Waals surface area contributed by atoms with E-state index < -0.39 is 30.1 Å². The van der Waals surface area contributed by atoms with Gasteiger partial charge in [0, 0.05) is 17.7 Å². The molecular formula is C22H30N2O5S. The maximum Gasteiger partial charge on any atom is 0.326 e. The van der Waals surface area contributed by atoms with Crippen molar-refractivity contribution in [2.45, 2.75) is 50.7 Å². The first-order chi connectivity index (χ1) is 14.3. The van der Waals surface area contributed by atoms with E-state index in [2.05, 4.69) is 5.32 Å². The maximum absolute atomic E-state index is 13.2. The Kier molecular flexibility index (Phi) is 7.41. The molecule has 0 saturated carbocycles. The molecule has 2 saturated heterocycles. The summed E-state index contributed by atoms with van der Waals surface area (Å²) in [6, 6.07) is 7.67. The number of aliphatic carboxylic acids is 1. The smallest absolute Gasteiger partial charge is 0.326 e. The van der Waals surface area contributed by atoms with Crippen molar-refractivity contribution in [2.24, 2.45) is 5.41 Å². The van der Waals surface area contributed by atoms with Crippen molar-refractivity contribution in [3.05, 3.63) is 35.9 Å². The van der Waals surface area contributed by atoms with Crippen LogP contribution in [0.1, 0.15) is 31.7 Å². The first kappa shape index (κ1) is 22.6. The highest BCUT2D eigenvalue weighted by Crippen LogP contribution is 2.46. The topological polar surface area (TPSA) is 95.9 Å². The molecule has 0 aromatic heterocycles. The van der Waals surface area contributed by atoms with Crippen LogP contribution in [-0.2, 0) is 25.5 Å². The fraction of sp³-hybridized carbons (Fsp3) is 0.591. The first-order valence-electron chi connectivity index (χ1n) is 10.3. The summed E-state index contributed by atoms with van der Waals surface area (Å²) in [6.45, 7) is 2.16. The summed E-state index contributed by atoms with van der Waals surface area (Å²) in [5.41, 5.74) is 0.997. The zero-order valence-electron chi connectivity index (χ0n) is 17.5. The van der Waals surface area contributed by atoms with Gasteiger partial charge in [-0.05, 0) is 43.9 Å². The van der Waals surface area contributed by atoms with Crippen molar-refractivity contribution in [1.29, 1.82) is 0 Å². The molecule has 7 nitrogen and oxygen atoms in total. The third kappa shape index (κ3) is 5.16. The van der Waals surface area contributed by atoms with Crippen LogP contribution in [0.4, 0.5) is 0 Å². The monoisotopic (exact) mass is 434 g/mol. The summed E-state index contributed by atoms with van der Waals surface area (Å²) in [6.07, 6.45) is 2.59. The number of carbonyl (C=O) groups is 3. The number of aryl methyl sites for hydroxylation is 1.